The van der Waals surface area contributed by atoms with E-state index in [4.69, 9.17) is 19.4 Å². The molecule has 0 saturated carbocycles. The molecule has 2 fully saturated rings. The maximum Gasteiger partial charge on any atom is 0.359 e. The molecule has 0 bridgehead atoms. The number of aromatic nitrogens is 4. The molecule has 1 unspecified atom stereocenters. The first-order valence-corrected chi connectivity index (χ1v) is 11.9. The maximum atomic E-state index is 12.6. The van der Waals surface area contributed by atoms with Crippen molar-refractivity contribution in [3.05, 3.63) is 23.7 Å². The Balaban J connectivity index is 1.31. The lowest BCUT2D eigenvalue weighted by molar-refractivity contribution is 0.0223. The van der Waals surface area contributed by atoms with Crippen LogP contribution < -0.4 is 9.80 Å². The van der Waals surface area contributed by atoms with Crippen molar-refractivity contribution in [2.75, 3.05) is 48.9 Å². The molecule has 0 aromatic carbocycles. The zero-order valence-electron chi connectivity index (χ0n) is 17.7. The molecule has 5 heterocycles. The Hall–Kier alpha value is -2.53. The average molecular weight is 447 g/mol. The first-order valence-electron chi connectivity index (χ1n) is 10.5. The van der Waals surface area contributed by atoms with E-state index in [9.17, 15) is 9.00 Å². The Morgan fingerprint density at radius 3 is 2.77 bits per heavy atom. The van der Waals surface area contributed by atoms with Gasteiger partial charge in [0.2, 0.25) is 5.95 Å². The van der Waals surface area contributed by atoms with Gasteiger partial charge in [-0.1, -0.05) is 0 Å². The largest absolute Gasteiger partial charge is 0.454 e. The summed E-state index contributed by atoms with van der Waals surface area (Å²) in [4.78, 5) is 26.7. The van der Waals surface area contributed by atoms with Gasteiger partial charge in [0.1, 0.15) is 11.0 Å². The van der Waals surface area contributed by atoms with Crippen LogP contribution in [-0.2, 0) is 33.7 Å². The Morgan fingerprint density at radius 1 is 1.29 bits per heavy atom. The summed E-state index contributed by atoms with van der Waals surface area (Å²) >= 11 is 0. The lowest BCUT2D eigenvalue weighted by atomic mass is 10.1. The smallest absolute Gasteiger partial charge is 0.359 e. The third-order valence-corrected chi connectivity index (χ3v) is 7.51. The van der Waals surface area contributed by atoms with Crippen LogP contribution in [0.2, 0.25) is 0 Å². The van der Waals surface area contributed by atoms with Gasteiger partial charge in [-0.05, 0) is 18.9 Å². The van der Waals surface area contributed by atoms with Crippen LogP contribution in [0.1, 0.15) is 29.0 Å². The fraction of sp³-hybridized carbons (Fsp3) is 0.600. The standard InChI is InChI=1S/C20H26N6O4S/c1-24-7-3-16(23-24)19(27)30-14-11-26(12-14)20-21-15-6-10-31(28)17(15)18(22-20)25(2)13-4-8-29-9-5-13/h3,7,13-14H,4-6,8-12H2,1-2H3. The highest BCUT2D eigenvalue weighted by Crippen LogP contribution is 2.34. The van der Waals surface area contributed by atoms with Crippen molar-refractivity contribution in [3.8, 4) is 0 Å². The topological polar surface area (TPSA) is 103 Å². The highest BCUT2D eigenvalue weighted by Gasteiger charge is 2.36. The normalized spacial score (nSPS) is 21.6. The second-order valence-electron chi connectivity index (χ2n) is 8.18. The Kier molecular flexibility index (Phi) is 5.39. The molecule has 0 aliphatic carbocycles. The molecule has 2 aromatic heterocycles. The molecule has 166 valence electrons. The fourth-order valence-corrected chi connectivity index (χ4v) is 5.59. The number of hydrogen-bond acceptors (Lipinski definition) is 9. The summed E-state index contributed by atoms with van der Waals surface area (Å²) in [6, 6.07) is 1.95. The van der Waals surface area contributed by atoms with Gasteiger partial charge >= 0.3 is 5.97 Å². The van der Waals surface area contributed by atoms with Crippen LogP contribution in [-0.4, -0.2) is 81.2 Å². The van der Waals surface area contributed by atoms with Crippen molar-refractivity contribution < 1.29 is 18.5 Å². The lowest BCUT2D eigenvalue weighted by Crippen LogP contribution is -2.54. The van der Waals surface area contributed by atoms with Gasteiger partial charge in [-0.15, -0.1) is 0 Å². The number of carbonyl (C=O) groups excluding carboxylic acids is 1. The Bertz CT molecular complexity index is 1020. The van der Waals surface area contributed by atoms with E-state index >= 15 is 0 Å². The maximum absolute atomic E-state index is 12.6. The molecule has 5 rings (SSSR count). The number of rotatable bonds is 5. The van der Waals surface area contributed by atoms with Crippen LogP contribution >= 0.6 is 0 Å². The minimum absolute atomic E-state index is 0.225. The summed E-state index contributed by atoms with van der Waals surface area (Å²) < 4.78 is 25.2. The molecule has 2 saturated heterocycles. The third-order valence-electron chi connectivity index (χ3n) is 6.06. The Labute approximate surface area is 183 Å². The van der Waals surface area contributed by atoms with Gasteiger partial charge in [0.05, 0.1) is 29.6 Å². The van der Waals surface area contributed by atoms with E-state index < -0.39 is 16.8 Å². The third kappa shape index (κ3) is 3.91. The zero-order chi connectivity index (χ0) is 21.5. The van der Waals surface area contributed by atoms with E-state index in [0.717, 1.165) is 42.5 Å². The quantitative estimate of drug-likeness (QED) is 0.609. The summed E-state index contributed by atoms with van der Waals surface area (Å²) in [6.45, 7) is 2.52. The predicted molar refractivity (Wildman–Crippen MR) is 114 cm³/mol. The SMILES string of the molecule is CN(c1nc(N2CC(OC(=O)c3ccn(C)n3)C2)nc2c1S(=O)CC2)C1CCOCC1. The average Bonchev–Trinajstić information content (AvgIpc) is 3.35. The molecule has 0 N–H and O–H groups in total. The van der Waals surface area contributed by atoms with E-state index in [1.54, 1.807) is 24.0 Å². The van der Waals surface area contributed by atoms with Gasteiger partial charge in [0, 0.05) is 51.7 Å². The fourth-order valence-electron chi connectivity index (χ4n) is 4.20. The van der Waals surface area contributed by atoms with Crippen LogP contribution in [0, 0.1) is 0 Å². The van der Waals surface area contributed by atoms with Crippen LogP contribution in [0.15, 0.2) is 17.2 Å². The monoisotopic (exact) mass is 446 g/mol. The lowest BCUT2D eigenvalue weighted by Gasteiger charge is -2.39. The second kappa shape index (κ2) is 8.19. The van der Waals surface area contributed by atoms with Crippen molar-refractivity contribution in [1.29, 1.82) is 0 Å². The molecule has 0 radical (unpaired) electrons. The van der Waals surface area contributed by atoms with Crippen LogP contribution in [0.25, 0.3) is 0 Å². The highest BCUT2D eigenvalue weighted by atomic mass is 32.2. The van der Waals surface area contributed by atoms with Crippen molar-refractivity contribution in [1.82, 2.24) is 19.7 Å². The zero-order valence-corrected chi connectivity index (χ0v) is 18.5. The number of hydrogen-bond donors (Lipinski definition) is 0. The summed E-state index contributed by atoms with van der Waals surface area (Å²) in [5, 5.41) is 4.08. The number of anilines is 2. The molecule has 3 aliphatic rings. The predicted octanol–water partition coefficient (Wildman–Crippen LogP) is 0.535. The molecule has 11 heteroatoms. The molecule has 0 amide bonds. The Morgan fingerprint density at radius 2 is 2.06 bits per heavy atom. The van der Waals surface area contributed by atoms with Gasteiger partial charge in [0.15, 0.2) is 11.5 Å². The van der Waals surface area contributed by atoms with E-state index in [1.807, 2.05) is 11.9 Å². The molecular formula is C20H26N6O4S. The summed E-state index contributed by atoms with van der Waals surface area (Å²) in [5.41, 5.74) is 1.17. The molecule has 0 spiro atoms. The molecule has 1 atom stereocenters. The molecular weight excluding hydrogens is 420 g/mol. The van der Waals surface area contributed by atoms with Crippen molar-refractivity contribution >= 4 is 28.5 Å². The molecule has 31 heavy (non-hydrogen) atoms. The number of fused-ring (bicyclic) bond motifs is 1. The molecule has 10 nitrogen and oxygen atoms in total. The van der Waals surface area contributed by atoms with Crippen LogP contribution in [0.3, 0.4) is 0 Å². The minimum Gasteiger partial charge on any atom is -0.454 e. The van der Waals surface area contributed by atoms with Crippen LogP contribution in [0.4, 0.5) is 11.8 Å². The first kappa shape index (κ1) is 20.4. The van der Waals surface area contributed by atoms with Crippen molar-refractivity contribution in [2.45, 2.75) is 36.3 Å². The highest BCUT2D eigenvalue weighted by molar-refractivity contribution is 7.85. The van der Waals surface area contributed by atoms with Crippen LogP contribution in [0.5, 0.6) is 0 Å². The van der Waals surface area contributed by atoms with Crippen molar-refractivity contribution in [2.24, 2.45) is 7.05 Å². The van der Waals surface area contributed by atoms with Gasteiger partial charge in [-0.2, -0.15) is 10.1 Å². The first-order chi connectivity index (χ1) is 15.0. The van der Waals surface area contributed by atoms with Gasteiger partial charge in [-0.25, -0.2) is 9.78 Å². The minimum atomic E-state index is -1.07. The van der Waals surface area contributed by atoms with Crippen molar-refractivity contribution in [3.63, 3.8) is 0 Å². The number of aryl methyl sites for hydroxylation is 2. The number of nitrogens with zero attached hydrogens (tertiary/aromatic N) is 6. The molecule has 3 aliphatic heterocycles. The number of ether oxygens (including phenoxy) is 2. The van der Waals surface area contributed by atoms with E-state index in [-0.39, 0.29) is 6.10 Å². The van der Waals surface area contributed by atoms with Gasteiger partial charge < -0.3 is 19.3 Å². The van der Waals surface area contributed by atoms with Gasteiger partial charge in [-0.3, -0.25) is 8.89 Å². The van der Waals surface area contributed by atoms with E-state index in [1.165, 1.54) is 0 Å². The summed E-state index contributed by atoms with van der Waals surface area (Å²) in [5.74, 6) is 1.54. The summed E-state index contributed by atoms with van der Waals surface area (Å²) in [7, 11) is 2.71. The second-order valence-corrected chi connectivity index (χ2v) is 9.69. The van der Waals surface area contributed by atoms with E-state index in [0.29, 0.717) is 42.9 Å². The van der Waals surface area contributed by atoms with E-state index in [2.05, 4.69) is 10.00 Å². The summed E-state index contributed by atoms with van der Waals surface area (Å²) in [6.07, 6.45) is 4.02. The molecule has 2 aromatic rings. The number of esters is 1. The van der Waals surface area contributed by atoms with Gasteiger partial charge in [0.25, 0.3) is 0 Å². The number of carbonyl (C=O) groups is 1.